The molecule has 1 N–H and O–H groups in total. The van der Waals surface area contributed by atoms with Gasteiger partial charge in [-0.25, -0.2) is 8.42 Å². The molecule has 1 aromatic carbocycles. The van der Waals surface area contributed by atoms with Gasteiger partial charge in [-0.15, -0.1) is 0 Å². The van der Waals surface area contributed by atoms with Crippen LogP contribution in [-0.2, 0) is 9.84 Å². The number of benzene rings is 1. The van der Waals surface area contributed by atoms with Crippen molar-refractivity contribution in [2.45, 2.75) is 17.4 Å². The summed E-state index contributed by atoms with van der Waals surface area (Å²) in [7, 11) is -3.26. The average Bonchev–Trinajstić information content (AvgIpc) is 2.73. The third kappa shape index (κ3) is 3.45. The van der Waals surface area contributed by atoms with E-state index in [1.807, 2.05) is 4.90 Å². The molecular formula is C12H16ClNO3S. The number of β-amino-alcohol motifs (C(OH)–C–C–N with tert-alkyl or cyclic N) is 1. The number of aliphatic hydroxyl groups is 1. The molecule has 0 spiro atoms. The zero-order chi connectivity index (χ0) is 13.2. The molecule has 1 heterocycles. The topological polar surface area (TPSA) is 57.6 Å². The Morgan fingerprint density at radius 2 is 2.00 bits per heavy atom. The van der Waals surface area contributed by atoms with Gasteiger partial charge in [-0.1, -0.05) is 11.6 Å². The number of halogens is 1. The van der Waals surface area contributed by atoms with Crippen LogP contribution in [0.4, 0.5) is 0 Å². The Labute approximate surface area is 112 Å². The molecule has 6 heteroatoms. The predicted octanol–water partition coefficient (Wildman–Crippen LogP) is 1.18. The summed E-state index contributed by atoms with van der Waals surface area (Å²) >= 11 is 5.73. The van der Waals surface area contributed by atoms with Gasteiger partial charge in [0, 0.05) is 24.7 Å². The van der Waals surface area contributed by atoms with E-state index in [2.05, 4.69) is 0 Å². The van der Waals surface area contributed by atoms with Crippen molar-refractivity contribution in [1.29, 1.82) is 0 Å². The van der Waals surface area contributed by atoms with Gasteiger partial charge in [-0.2, -0.15) is 0 Å². The van der Waals surface area contributed by atoms with Crippen LogP contribution in [0.5, 0.6) is 0 Å². The van der Waals surface area contributed by atoms with Crippen molar-refractivity contribution in [3.05, 3.63) is 29.3 Å². The monoisotopic (exact) mass is 289 g/mol. The van der Waals surface area contributed by atoms with Gasteiger partial charge in [0.05, 0.1) is 16.8 Å². The molecule has 0 bridgehead atoms. The van der Waals surface area contributed by atoms with E-state index in [0.29, 0.717) is 23.0 Å². The minimum atomic E-state index is -3.26. The Morgan fingerprint density at radius 3 is 2.56 bits per heavy atom. The number of aliphatic hydroxyl groups excluding tert-OH is 1. The summed E-state index contributed by atoms with van der Waals surface area (Å²) in [5.74, 6) is 0.0708. The number of rotatable bonds is 4. The molecule has 0 unspecified atom stereocenters. The number of nitrogens with zero attached hydrogens (tertiary/aromatic N) is 1. The minimum Gasteiger partial charge on any atom is -0.392 e. The first-order valence-electron chi connectivity index (χ1n) is 5.86. The zero-order valence-electron chi connectivity index (χ0n) is 9.92. The van der Waals surface area contributed by atoms with Crippen LogP contribution in [0.25, 0.3) is 0 Å². The van der Waals surface area contributed by atoms with Gasteiger partial charge in [0.15, 0.2) is 9.84 Å². The molecule has 0 radical (unpaired) electrons. The third-order valence-corrected chi connectivity index (χ3v) is 5.06. The van der Waals surface area contributed by atoms with E-state index in [1.54, 1.807) is 12.1 Å². The van der Waals surface area contributed by atoms with E-state index in [-0.39, 0.29) is 11.9 Å². The maximum atomic E-state index is 12.0. The minimum absolute atomic E-state index is 0.0708. The van der Waals surface area contributed by atoms with Crippen LogP contribution in [0, 0.1) is 0 Å². The second-order valence-electron chi connectivity index (χ2n) is 4.52. The molecule has 1 fully saturated rings. The molecule has 18 heavy (non-hydrogen) atoms. The van der Waals surface area contributed by atoms with Crippen molar-refractivity contribution in [3.63, 3.8) is 0 Å². The Bertz CT molecular complexity index is 501. The molecule has 1 saturated heterocycles. The molecule has 100 valence electrons. The fourth-order valence-corrected chi connectivity index (χ4v) is 3.44. The summed E-state index contributed by atoms with van der Waals surface area (Å²) in [6.45, 7) is 1.79. The summed E-state index contributed by atoms with van der Waals surface area (Å²) in [5.41, 5.74) is 0. The van der Waals surface area contributed by atoms with Crippen molar-refractivity contribution in [3.8, 4) is 0 Å². The van der Waals surface area contributed by atoms with Crippen LogP contribution in [-0.4, -0.2) is 49.9 Å². The molecule has 0 aliphatic carbocycles. The molecule has 0 aromatic heterocycles. The molecule has 1 atom stereocenters. The van der Waals surface area contributed by atoms with Crippen LogP contribution in [0.15, 0.2) is 29.2 Å². The number of likely N-dealkylation sites (tertiary alicyclic amines) is 1. The van der Waals surface area contributed by atoms with E-state index in [4.69, 9.17) is 11.6 Å². The van der Waals surface area contributed by atoms with Crippen LogP contribution in [0.3, 0.4) is 0 Å². The highest BCUT2D eigenvalue weighted by Crippen LogP contribution is 2.16. The summed E-state index contributed by atoms with van der Waals surface area (Å²) in [6, 6.07) is 6.20. The van der Waals surface area contributed by atoms with Gasteiger partial charge in [0.1, 0.15) is 0 Å². The summed E-state index contributed by atoms with van der Waals surface area (Å²) in [5, 5.41) is 9.90. The van der Waals surface area contributed by atoms with E-state index < -0.39 is 9.84 Å². The van der Waals surface area contributed by atoms with Crippen molar-refractivity contribution in [1.82, 2.24) is 4.90 Å². The average molecular weight is 290 g/mol. The fourth-order valence-electron chi connectivity index (χ4n) is 2.02. The van der Waals surface area contributed by atoms with E-state index in [9.17, 15) is 13.5 Å². The van der Waals surface area contributed by atoms with Gasteiger partial charge in [-0.3, -0.25) is 4.90 Å². The van der Waals surface area contributed by atoms with Crippen molar-refractivity contribution >= 4 is 21.4 Å². The highest BCUT2D eigenvalue weighted by molar-refractivity contribution is 7.91. The van der Waals surface area contributed by atoms with Crippen molar-refractivity contribution in [2.24, 2.45) is 0 Å². The van der Waals surface area contributed by atoms with Gasteiger partial charge < -0.3 is 5.11 Å². The molecule has 1 aromatic rings. The Kier molecular flexibility index (Phi) is 4.27. The smallest absolute Gasteiger partial charge is 0.179 e. The van der Waals surface area contributed by atoms with Gasteiger partial charge in [-0.05, 0) is 30.7 Å². The standard InChI is InChI=1S/C12H16ClNO3S/c13-10-1-3-12(4-2-10)18(16,17)8-7-14-6-5-11(15)9-14/h1-4,11,15H,5-9H2/t11-/m0/s1. The van der Waals surface area contributed by atoms with Crippen molar-refractivity contribution < 1.29 is 13.5 Å². The van der Waals surface area contributed by atoms with E-state index >= 15 is 0 Å². The lowest BCUT2D eigenvalue weighted by Gasteiger charge is -2.14. The summed E-state index contributed by atoms with van der Waals surface area (Å²) < 4.78 is 24.1. The SMILES string of the molecule is O=S(=O)(CCN1CC[C@H](O)C1)c1ccc(Cl)cc1. The predicted molar refractivity (Wildman–Crippen MR) is 70.6 cm³/mol. The second kappa shape index (κ2) is 5.57. The van der Waals surface area contributed by atoms with Crippen LogP contribution < -0.4 is 0 Å². The van der Waals surface area contributed by atoms with Gasteiger partial charge >= 0.3 is 0 Å². The van der Waals surface area contributed by atoms with Crippen LogP contribution in [0.2, 0.25) is 5.02 Å². The summed E-state index contributed by atoms with van der Waals surface area (Å²) in [6.07, 6.45) is 0.407. The first-order valence-corrected chi connectivity index (χ1v) is 7.89. The molecule has 0 saturated carbocycles. The molecular weight excluding hydrogens is 274 g/mol. The van der Waals surface area contributed by atoms with Crippen LogP contribution in [0.1, 0.15) is 6.42 Å². The molecule has 4 nitrogen and oxygen atoms in total. The quantitative estimate of drug-likeness (QED) is 0.904. The first kappa shape index (κ1) is 13.8. The van der Waals surface area contributed by atoms with Gasteiger partial charge in [0.2, 0.25) is 0 Å². The molecule has 1 aliphatic rings. The lowest BCUT2D eigenvalue weighted by molar-refractivity contribution is 0.178. The maximum absolute atomic E-state index is 12.0. The van der Waals surface area contributed by atoms with Crippen LogP contribution >= 0.6 is 11.6 Å². The number of sulfone groups is 1. The Morgan fingerprint density at radius 1 is 1.33 bits per heavy atom. The summed E-state index contributed by atoms with van der Waals surface area (Å²) in [4.78, 5) is 2.27. The fraction of sp³-hybridized carbons (Fsp3) is 0.500. The lowest BCUT2D eigenvalue weighted by atomic mass is 10.3. The second-order valence-corrected chi connectivity index (χ2v) is 7.06. The molecule has 2 rings (SSSR count). The van der Waals surface area contributed by atoms with E-state index in [1.165, 1.54) is 12.1 Å². The third-order valence-electron chi connectivity index (χ3n) is 3.10. The lowest BCUT2D eigenvalue weighted by Crippen LogP contribution is -2.28. The van der Waals surface area contributed by atoms with Gasteiger partial charge in [0.25, 0.3) is 0 Å². The number of hydrogen-bond acceptors (Lipinski definition) is 4. The van der Waals surface area contributed by atoms with Crippen molar-refractivity contribution in [2.75, 3.05) is 25.4 Å². The zero-order valence-corrected chi connectivity index (χ0v) is 11.5. The highest BCUT2D eigenvalue weighted by atomic mass is 35.5. The normalized spacial score (nSPS) is 21.3. The number of hydrogen-bond donors (Lipinski definition) is 1. The molecule has 0 amide bonds. The van der Waals surface area contributed by atoms with E-state index in [0.717, 1.165) is 13.0 Å². The Hall–Kier alpha value is -0.620. The maximum Gasteiger partial charge on any atom is 0.179 e. The highest BCUT2D eigenvalue weighted by Gasteiger charge is 2.22. The Balaban J connectivity index is 1.97. The molecule has 1 aliphatic heterocycles. The first-order chi connectivity index (χ1) is 8.47. The largest absolute Gasteiger partial charge is 0.392 e.